The highest BCUT2D eigenvalue weighted by atomic mass is 35.5. The van der Waals surface area contributed by atoms with Gasteiger partial charge in [-0.15, -0.1) is 0 Å². The maximum absolute atomic E-state index is 6.28. The van der Waals surface area contributed by atoms with Crippen LogP contribution in [0.4, 0.5) is 0 Å². The van der Waals surface area contributed by atoms with E-state index in [0.29, 0.717) is 0 Å². The fraction of sp³-hybridized carbons (Fsp3) is 0.438. The first-order valence-corrected chi connectivity index (χ1v) is 7.56. The van der Waals surface area contributed by atoms with Gasteiger partial charge in [0.2, 0.25) is 0 Å². The van der Waals surface area contributed by atoms with Crippen LogP contribution in [0.3, 0.4) is 0 Å². The van der Waals surface area contributed by atoms with Gasteiger partial charge in [-0.3, -0.25) is 4.90 Å². The number of imidazole rings is 1. The monoisotopic (exact) mass is 306 g/mol. The van der Waals surface area contributed by atoms with Crippen LogP contribution in [-0.4, -0.2) is 35.1 Å². The van der Waals surface area contributed by atoms with Crippen molar-refractivity contribution in [3.63, 3.8) is 0 Å². The lowest BCUT2D eigenvalue weighted by Crippen LogP contribution is -2.26. The Labute approximate surface area is 131 Å². The fourth-order valence-electron chi connectivity index (χ4n) is 2.43. The zero-order chi connectivity index (χ0) is 15.2. The van der Waals surface area contributed by atoms with E-state index >= 15 is 0 Å². The number of nitrogens with zero attached hydrogens (tertiary/aromatic N) is 3. The minimum atomic E-state index is 0.266. The maximum atomic E-state index is 6.28. The summed E-state index contributed by atoms with van der Waals surface area (Å²) in [4.78, 5) is 6.64. The summed E-state index contributed by atoms with van der Waals surface area (Å²) in [6.07, 6.45) is 4.81. The van der Waals surface area contributed by atoms with Crippen LogP contribution < -0.4 is 5.32 Å². The Balaban J connectivity index is 1.91. The van der Waals surface area contributed by atoms with Gasteiger partial charge in [0, 0.05) is 37.1 Å². The lowest BCUT2D eigenvalue weighted by Gasteiger charge is -2.22. The Morgan fingerprint density at radius 1 is 1.38 bits per heavy atom. The molecule has 21 heavy (non-hydrogen) atoms. The third-order valence-corrected chi connectivity index (χ3v) is 4.11. The number of hydrogen-bond donors (Lipinski definition) is 1. The van der Waals surface area contributed by atoms with Gasteiger partial charge in [-0.2, -0.15) is 0 Å². The molecular weight excluding hydrogens is 284 g/mol. The van der Waals surface area contributed by atoms with Crippen molar-refractivity contribution in [2.45, 2.75) is 19.0 Å². The molecule has 0 aliphatic rings. The topological polar surface area (TPSA) is 33.1 Å². The van der Waals surface area contributed by atoms with Crippen LogP contribution in [0.1, 0.15) is 23.9 Å². The van der Waals surface area contributed by atoms with Crippen molar-refractivity contribution in [3.8, 4) is 0 Å². The van der Waals surface area contributed by atoms with E-state index in [2.05, 4.69) is 32.9 Å². The number of aryl methyl sites for hydroxylation is 1. The molecule has 1 atom stereocenters. The summed E-state index contributed by atoms with van der Waals surface area (Å²) in [6, 6.07) is 8.29. The summed E-state index contributed by atoms with van der Waals surface area (Å²) >= 11 is 6.28. The molecule has 1 N–H and O–H groups in total. The molecule has 0 radical (unpaired) electrons. The van der Waals surface area contributed by atoms with Gasteiger partial charge in [0.1, 0.15) is 5.82 Å². The predicted molar refractivity (Wildman–Crippen MR) is 87.4 cm³/mol. The van der Waals surface area contributed by atoms with Crippen molar-refractivity contribution >= 4 is 11.6 Å². The minimum Gasteiger partial charge on any atom is -0.337 e. The van der Waals surface area contributed by atoms with Gasteiger partial charge in [0.05, 0.1) is 6.54 Å². The fourth-order valence-corrected chi connectivity index (χ4v) is 2.70. The third-order valence-electron chi connectivity index (χ3n) is 3.76. The summed E-state index contributed by atoms with van der Waals surface area (Å²) < 4.78 is 2.06. The Hall–Kier alpha value is -1.36. The van der Waals surface area contributed by atoms with Crippen LogP contribution in [0.25, 0.3) is 0 Å². The molecule has 0 bridgehead atoms. The summed E-state index contributed by atoms with van der Waals surface area (Å²) in [6.45, 7) is 1.83. The molecule has 1 unspecified atom stereocenters. The van der Waals surface area contributed by atoms with E-state index in [4.69, 9.17) is 11.6 Å². The summed E-state index contributed by atoms with van der Waals surface area (Å²) in [5.41, 5.74) is 1.16. The molecular formula is C16H23ClN4. The number of hydrogen-bond acceptors (Lipinski definition) is 3. The van der Waals surface area contributed by atoms with Crippen LogP contribution in [0.2, 0.25) is 5.02 Å². The maximum Gasteiger partial charge on any atom is 0.122 e. The highest BCUT2D eigenvalue weighted by Gasteiger charge is 2.13. The molecule has 2 rings (SSSR count). The van der Waals surface area contributed by atoms with Crippen LogP contribution in [0, 0.1) is 0 Å². The largest absolute Gasteiger partial charge is 0.337 e. The molecule has 2 aromatic rings. The van der Waals surface area contributed by atoms with E-state index in [1.165, 1.54) is 0 Å². The van der Waals surface area contributed by atoms with Crippen molar-refractivity contribution in [1.82, 2.24) is 19.8 Å². The summed E-state index contributed by atoms with van der Waals surface area (Å²) in [7, 11) is 6.12. The summed E-state index contributed by atoms with van der Waals surface area (Å²) in [5, 5.41) is 4.18. The second-order valence-electron chi connectivity index (χ2n) is 5.34. The Kier molecular flexibility index (Phi) is 5.79. The van der Waals surface area contributed by atoms with E-state index in [1.807, 2.05) is 44.7 Å². The molecule has 1 aromatic heterocycles. The van der Waals surface area contributed by atoms with Crippen LogP contribution >= 0.6 is 11.6 Å². The van der Waals surface area contributed by atoms with Crippen molar-refractivity contribution in [2.75, 3.05) is 20.6 Å². The lowest BCUT2D eigenvalue weighted by atomic mass is 10.0. The Bertz CT molecular complexity index is 567. The van der Waals surface area contributed by atoms with Crippen LogP contribution in [0.5, 0.6) is 0 Å². The SMILES string of the molecule is CNC(CCN(C)Cc1nccn1C)c1ccccc1Cl. The van der Waals surface area contributed by atoms with Gasteiger partial charge in [-0.05, 0) is 32.1 Å². The van der Waals surface area contributed by atoms with Gasteiger partial charge in [-0.1, -0.05) is 29.8 Å². The highest BCUT2D eigenvalue weighted by Crippen LogP contribution is 2.24. The van der Waals surface area contributed by atoms with Gasteiger partial charge in [0.15, 0.2) is 0 Å². The normalized spacial score (nSPS) is 12.8. The van der Waals surface area contributed by atoms with Crippen molar-refractivity contribution in [1.29, 1.82) is 0 Å². The number of nitrogens with one attached hydrogen (secondary N) is 1. The molecule has 1 aromatic carbocycles. The first-order valence-electron chi connectivity index (χ1n) is 7.18. The molecule has 0 saturated heterocycles. The lowest BCUT2D eigenvalue weighted by molar-refractivity contribution is 0.294. The Morgan fingerprint density at radius 3 is 2.76 bits per heavy atom. The number of benzene rings is 1. The molecule has 4 nitrogen and oxygen atoms in total. The highest BCUT2D eigenvalue weighted by molar-refractivity contribution is 6.31. The minimum absolute atomic E-state index is 0.266. The van der Waals surface area contributed by atoms with E-state index in [-0.39, 0.29) is 6.04 Å². The standard InChI is InChI=1S/C16H23ClN4/c1-18-15(13-6-4-5-7-14(13)17)8-10-20(2)12-16-19-9-11-21(16)3/h4-7,9,11,15,18H,8,10,12H2,1-3H3. The molecule has 0 amide bonds. The molecule has 1 heterocycles. The number of aromatic nitrogens is 2. The van der Waals surface area contributed by atoms with E-state index in [1.54, 1.807) is 0 Å². The van der Waals surface area contributed by atoms with Gasteiger partial charge in [-0.25, -0.2) is 4.98 Å². The second kappa shape index (κ2) is 7.59. The number of rotatable bonds is 7. The van der Waals surface area contributed by atoms with E-state index in [0.717, 1.165) is 35.9 Å². The molecule has 0 fully saturated rings. The summed E-state index contributed by atoms with van der Waals surface area (Å²) in [5.74, 6) is 1.08. The second-order valence-corrected chi connectivity index (χ2v) is 5.75. The Morgan fingerprint density at radius 2 is 2.14 bits per heavy atom. The average Bonchev–Trinajstić information content (AvgIpc) is 2.86. The van der Waals surface area contributed by atoms with E-state index in [9.17, 15) is 0 Å². The average molecular weight is 307 g/mol. The predicted octanol–water partition coefficient (Wildman–Crippen LogP) is 2.86. The van der Waals surface area contributed by atoms with Gasteiger partial charge >= 0.3 is 0 Å². The molecule has 0 aliphatic heterocycles. The zero-order valence-corrected chi connectivity index (χ0v) is 13.6. The molecule has 0 spiro atoms. The zero-order valence-electron chi connectivity index (χ0n) is 12.9. The first kappa shape index (κ1) is 16.0. The first-order chi connectivity index (χ1) is 10.1. The van der Waals surface area contributed by atoms with Crippen LogP contribution in [-0.2, 0) is 13.6 Å². The van der Waals surface area contributed by atoms with Gasteiger partial charge < -0.3 is 9.88 Å². The smallest absolute Gasteiger partial charge is 0.122 e. The quantitative estimate of drug-likeness (QED) is 0.854. The molecule has 0 saturated carbocycles. The number of halogens is 1. The van der Waals surface area contributed by atoms with E-state index < -0.39 is 0 Å². The van der Waals surface area contributed by atoms with Crippen molar-refractivity contribution in [2.24, 2.45) is 7.05 Å². The molecule has 5 heteroatoms. The van der Waals surface area contributed by atoms with Crippen molar-refractivity contribution < 1.29 is 0 Å². The third kappa shape index (κ3) is 4.30. The molecule has 0 aliphatic carbocycles. The van der Waals surface area contributed by atoms with Gasteiger partial charge in [0.25, 0.3) is 0 Å². The molecule has 114 valence electrons. The van der Waals surface area contributed by atoms with Crippen LogP contribution in [0.15, 0.2) is 36.7 Å². The van der Waals surface area contributed by atoms with Crippen molar-refractivity contribution in [3.05, 3.63) is 53.1 Å².